The third-order valence-electron chi connectivity index (χ3n) is 4.15. The Labute approximate surface area is 129 Å². The molecule has 0 spiro atoms. The largest absolute Gasteiger partial charge is 0.357 e. The molecular formula is C18H18N4. The summed E-state index contributed by atoms with van der Waals surface area (Å²) in [5.41, 5.74) is 4.76. The van der Waals surface area contributed by atoms with E-state index in [1.807, 2.05) is 19.2 Å². The molecule has 0 bridgehead atoms. The van der Waals surface area contributed by atoms with Crippen LogP contribution < -0.4 is 4.90 Å². The zero-order valence-electron chi connectivity index (χ0n) is 12.6. The number of aromatic amines is 1. The van der Waals surface area contributed by atoms with Crippen molar-refractivity contribution in [3.63, 3.8) is 0 Å². The fraction of sp³-hybridized carbons (Fsp3) is 0.222. The van der Waals surface area contributed by atoms with Crippen molar-refractivity contribution in [2.45, 2.75) is 13.3 Å². The van der Waals surface area contributed by atoms with Crippen LogP contribution in [0.1, 0.15) is 17.8 Å². The monoisotopic (exact) mass is 290 g/mol. The van der Waals surface area contributed by atoms with E-state index in [1.165, 1.54) is 11.1 Å². The maximum atomic E-state index is 4.65. The molecule has 0 aliphatic carbocycles. The molecule has 0 atom stereocenters. The molecule has 1 N–H and O–H groups in total. The molecule has 0 radical (unpaired) electrons. The van der Waals surface area contributed by atoms with E-state index < -0.39 is 0 Å². The lowest BCUT2D eigenvalue weighted by Crippen LogP contribution is -2.29. The highest BCUT2D eigenvalue weighted by Crippen LogP contribution is 2.28. The van der Waals surface area contributed by atoms with Crippen LogP contribution in [0, 0.1) is 6.92 Å². The van der Waals surface area contributed by atoms with E-state index in [4.69, 9.17) is 0 Å². The molecule has 4 heteroatoms. The van der Waals surface area contributed by atoms with Gasteiger partial charge in [-0.05, 0) is 30.5 Å². The first-order valence-corrected chi connectivity index (χ1v) is 7.62. The molecule has 22 heavy (non-hydrogen) atoms. The molecular weight excluding hydrogens is 272 g/mol. The van der Waals surface area contributed by atoms with Crippen molar-refractivity contribution < 1.29 is 0 Å². The van der Waals surface area contributed by atoms with Crippen LogP contribution in [0.5, 0.6) is 0 Å². The van der Waals surface area contributed by atoms with E-state index >= 15 is 0 Å². The Balaban J connectivity index is 1.65. The summed E-state index contributed by atoms with van der Waals surface area (Å²) >= 11 is 0. The van der Waals surface area contributed by atoms with Gasteiger partial charge in [0.15, 0.2) is 5.82 Å². The number of benzene rings is 1. The second-order valence-corrected chi connectivity index (χ2v) is 5.62. The second kappa shape index (κ2) is 5.30. The first kappa shape index (κ1) is 13.1. The number of anilines is 1. The van der Waals surface area contributed by atoms with Gasteiger partial charge in [0, 0.05) is 19.3 Å². The van der Waals surface area contributed by atoms with E-state index in [2.05, 4.69) is 56.3 Å². The van der Waals surface area contributed by atoms with Gasteiger partial charge < -0.3 is 9.88 Å². The van der Waals surface area contributed by atoms with E-state index in [0.29, 0.717) is 0 Å². The average molecular weight is 290 g/mol. The quantitative estimate of drug-likeness (QED) is 0.785. The molecule has 1 aromatic carbocycles. The van der Waals surface area contributed by atoms with Crippen molar-refractivity contribution in [1.82, 2.24) is 15.0 Å². The van der Waals surface area contributed by atoms with Crippen LogP contribution in [0.2, 0.25) is 0 Å². The predicted octanol–water partition coefficient (Wildman–Crippen LogP) is 3.56. The first-order chi connectivity index (χ1) is 10.8. The molecule has 110 valence electrons. The average Bonchev–Trinajstić information content (AvgIpc) is 3.03. The fourth-order valence-electron chi connectivity index (χ4n) is 3.05. The number of nitrogens with zero attached hydrogens (tertiary/aromatic N) is 3. The van der Waals surface area contributed by atoms with Gasteiger partial charge in [0.25, 0.3) is 0 Å². The van der Waals surface area contributed by atoms with Crippen LogP contribution in [0.4, 0.5) is 5.82 Å². The van der Waals surface area contributed by atoms with Gasteiger partial charge in [-0.2, -0.15) is 0 Å². The molecule has 3 heterocycles. The number of nitrogens with one attached hydrogen (secondary N) is 1. The van der Waals surface area contributed by atoms with Gasteiger partial charge >= 0.3 is 0 Å². The number of rotatable bonds is 2. The zero-order valence-corrected chi connectivity index (χ0v) is 12.6. The van der Waals surface area contributed by atoms with Gasteiger partial charge in [0.1, 0.15) is 11.3 Å². The summed E-state index contributed by atoms with van der Waals surface area (Å²) in [6, 6.07) is 12.6. The van der Waals surface area contributed by atoms with Crippen LogP contribution in [0.3, 0.4) is 0 Å². The van der Waals surface area contributed by atoms with Crippen molar-refractivity contribution in [1.29, 1.82) is 0 Å². The second-order valence-electron chi connectivity index (χ2n) is 5.62. The third kappa shape index (κ3) is 2.26. The van der Waals surface area contributed by atoms with Crippen molar-refractivity contribution in [3.05, 3.63) is 60.1 Å². The summed E-state index contributed by atoms with van der Waals surface area (Å²) in [6.45, 7) is 3.81. The van der Waals surface area contributed by atoms with Crippen molar-refractivity contribution in [3.8, 4) is 0 Å². The summed E-state index contributed by atoms with van der Waals surface area (Å²) in [7, 11) is 0. The summed E-state index contributed by atoms with van der Waals surface area (Å²) in [6.07, 6.45) is 5.28. The van der Waals surface area contributed by atoms with Crippen LogP contribution in [0.15, 0.2) is 48.7 Å². The number of aromatic nitrogens is 3. The first-order valence-electron chi connectivity index (χ1n) is 7.62. The number of fused-ring (bicyclic) bond motifs is 1. The molecule has 0 amide bonds. The highest BCUT2D eigenvalue weighted by molar-refractivity contribution is 5.86. The number of hydrogen-bond acceptors (Lipinski definition) is 3. The standard InChI is InChI=1S/C18H18N4/c1-13-20-16-7-10-19-17(16)18(21-13)22-11-8-15(9-12-22)14-5-3-2-4-6-14/h2-8,10,19H,9,11-12H2,1H3. The Morgan fingerprint density at radius 3 is 2.73 bits per heavy atom. The van der Waals surface area contributed by atoms with Crippen LogP contribution in [0.25, 0.3) is 16.6 Å². The van der Waals surface area contributed by atoms with E-state index in [1.54, 1.807) is 0 Å². The molecule has 3 aromatic rings. The minimum atomic E-state index is 0.819. The number of H-pyrrole nitrogens is 1. The minimum absolute atomic E-state index is 0.819. The van der Waals surface area contributed by atoms with Gasteiger partial charge in [-0.15, -0.1) is 0 Å². The minimum Gasteiger partial charge on any atom is -0.357 e. The molecule has 0 unspecified atom stereocenters. The Morgan fingerprint density at radius 2 is 1.95 bits per heavy atom. The van der Waals surface area contributed by atoms with Crippen LogP contribution in [-0.2, 0) is 0 Å². The SMILES string of the molecule is Cc1nc(N2CC=C(c3ccccc3)CC2)c2[nH]ccc2n1. The van der Waals surface area contributed by atoms with E-state index in [0.717, 1.165) is 42.2 Å². The van der Waals surface area contributed by atoms with Crippen molar-refractivity contribution in [2.75, 3.05) is 18.0 Å². The van der Waals surface area contributed by atoms with Gasteiger partial charge in [-0.1, -0.05) is 36.4 Å². The molecule has 0 saturated carbocycles. The molecule has 2 aromatic heterocycles. The fourth-order valence-corrected chi connectivity index (χ4v) is 3.05. The van der Waals surface area contributed by atoms with Gasteiger partial charge in [-0.3, -0.25) is 0 Å². The Kier molecular flexibility index (Phi) is 3.15. The highest BCUT2D eigenvalue weighted by Gasteiger charge is 2.18. The summed E-state index contributed by atoms with van der Waals surface area (Å²) in [5, 5.41) is 0. The van der Waals surface area contributed by atoms with Crippen LogP contribution >= 0.6 is 0 Å². The lowest BCUT2D eigenvalue weighted by Gasteiger charge is -2.28. The van der Waals surface area contributed by atoms with Crippen molar-refractivity contribution >= 4 is 22.4 Å². The normalized spacial score (nSPS) is 15.1. The number of hydrogen-bond donors (Lipinski definition) is 1. The highest BCUT2D eigenvalue weighted by atomic mass is 15.2. The maximum absolute atomic E-state index is 4.65. The molecule has 0 fully saturated rings. The lowest BCUT2D eigenvalue weighted by atomic mass is 9.99. The molecule has 4 nitrogen and oxygen atoms in total. The van der Waals surface area contributed by atoms with Crippen LogP contribution in [-0.4, -0.2) is 28.0 Å². The molecule has 4 rings (SSSR count). The van der Waals surface area contributed by atoms with E-state index in [-0.39, 0.29) is 0 Å². The summed E-state index contributed by atoms with van der Waals surface area (Å²) in [5.74, 6) is 1.83. The zero-order chi connectivity index (χ0) is 14.9. The number of aryl methyl sites for hydroxylation is 1. The molecule has 1 aliphatic heterocycles. The topological polar surface area (TPSA) is 44.8 Å². The van der Waals surface area contributed by atoms with Gasteiger partial charge in [0.05, 0.1) is 5.52 Å². The van der Waals surface area contributed by atoms with E-state index in [9.17, 15) is 0 Å². The third-order valence-corrected chi connectivity index (χ3v) is 4.15. The Hall–Kier alpha value is -2.62. The Morgan fingerprint density at radius 1 is 1.09 bits per heavy atom. The Bertz CT molecular complexity index is 833. The molecule has 0 saturated heterocycles. The molecule has 1 aliphatic rings. The van der Waals surface area contributed by atoms with Crippen molar-refractivity contribution in [2.24, 2.45) is 0 Å². The maximum Gasteiger partial charge on any atom is 0.157 e. The smallest absolute Gasteiger partial charge is 0.157 e. The lowest BCUT2D eigenvalue weighted by molar-refractivity contribution is 0.813. The van der Waals surface area contributed by atoms with Gasteiger partial charge in [-0.25, -0.2) is 9.97 Å². The van der Waals surface area contributed by atoms with Gasteiger partial charge in [0.2, 0.25) is 0 Å². The predicted molar refractivity (Wildman–Crippen MR) is 89.9 cm³/mol. The summed E-state index contributed by atoms with van der Waals surface area (Å²) < 4.78 is 0. The summed E-state index contributed by atoms with van der Waals surface area (Å²) in [4.78, 5) is 14.7.